The first kappa shape index (κ1) is 16.5. The van der Waals surface area contributed by atoms with Gasteiger partial charge in [0.1, 0.15) is 0 Å². The molecule has 0 radical (unpaired) electrons. The third kappa shape index (κ3) is 4.05. The molecule has 0 atom stereocenters. The van der Waals surface area contributed by atoms with Crippen molar-refractivity contribution < 1.29 is 73.9 Å². The number of carbonyl (C=O) groups excluding carboxylic acids is 1. The summed E-state index contributed by atoms with van der Waals surface area (Å²) in [6.07, 6.45) is 0. The molecule has 0 aliphatic heterocycles. The third-order valence-corrected chi connectivity index (χ3v) is 2.10. The molecule has 0 fully saturated rings. The maximum Gasteiger partial charge on any atom is 1.00 e. The van der Waals surface area contributed by atoms with Crippen molar-refractivity contribution in [3.8, 4) is 0 Å². The predicted octanol–water partition coefficient (Wildman–Crippen LogP) is -0.815. The molecule has 0 aliphatic rings. The number of hydrogen-bond acceptors (Lipinski definition) is 2. The van der Waals surface area contributed by atoms with Crippen LogP contribution in [0.15, 0.2) is 18.2 Å². The van der Waals surface area contributed by atoms with E-state index in [9.17, 15) is 17.7 Å². The van der Waals surface area contributed by atoms with Crippen molar-refractivity contribution >= 4 is 30.0 Å². The van der Waals surface area contributed by atoms with Crippen LogP contribution in [0.2, 0.25) is 5.02 Å². The molecule has 0 unspecified atom stereocenters. The number of halogens is 4. The number of hydrogen-bond donors (Lipinski definition) is 0. The summed E-state index contributed by atoms with van der Waals surface area (Å²) >= 11 is 5.40. The standard InChI is InChI=1S/C8H6BClF3O2.K/c1-15-8(14)5-2-3-6(7(10)4-5)9(11,12)13;/h2-4H,1H3;/q-1;+1. The third-order valence-electron chi connectivity index (χ3n) is 1.77. The van der Waals surface area contributed by atoms with Gasteiger partial charge < -0.3 is 17.7 Å². The number of rotatable bonds is 2. The fourth-order valence-corrected chi connectivity index (χ4v) is 1.34. The van der Waals surface area contributed by atoms with Crippen molar-refractivity contribution in [1.29, 1.82) is 0 Å². The number of benzene rings is 1. The minimum atomic E-state index is -5.16. The number of ether oxygens (including phenoxy) is 1. The van der Waals surface area contributed by atoms with Gasteiger partial charge in [0.15, 0.2) is 0 Å². The molecule has 0 heterocycles. The van der Waals surface area contributed by atoms with Crippen molar-refractivity contribution in [3.05, 3.63) is 28.8 Å². The van der Waals surface area contributed by atoms with E-state index in [1.54, 1.807) is 0 Å². The molecule has 8 heteroatoms. The number of esters is 1. The zero-order valence-electron chi connectivity index (χ0n) is 8.64. The Bertz CT molecular complexity index is 397. The second kappa shape index (κ2) is 6.42. The maximum atomic E-state index is 12.3. The molecule has 1 aromatic carbocycles. The molecule has 16 heavy (non-hydrogen) atoms. The number of methoxy groups -OCH3 is 1. The van der Waals surface area contributed by atoms with Crippen molar-refractivity contribution in [3.63, 3.8) is 0 Å². The second-order valence-electron chi connectivity index (χ2n) is 2.80. The SMILES string of the molecule is COC(=O)c1ccc([B-](F)(F)F)c(Cl)c1.[K+]. The van der Waals surface area contributed by atoms with Crippen LogP contribution in [0.5, 0.6) is 0 Å². The molecule has 0 saturated carbocycles. The van der Waals surface area contributed by atoms with Crippen molar-refractivity contribution in [2.24, 2.45) is 0 Å². The Morgan fingerprint density at radius 3 is 2.31 bits per heavy atom. The fraction of sp³-hybridized carbons (Fsp3) is 0.125. The first-order valence-corrected chi connectivity index (χ1v) is 4.31. The van der Waals surface area contributed by atoms with Crippen molar-refractivity contribution in [1.82, 2.24) is 0 Å². The van der Waals surface area contributed by atoms with Gasteiger partial charge in [-0.2, -0.15) is 0 Å². The van der Waals surface area contributed by atoms with Crippen molar-refractivity contribution in [2.75, 3.05) is 7.11 Å². The average molecular weight is 276 g/mol. The van der Waals surface area contributed by atoms with Gasteiger partial charge in [0, 0.05) is 5.02 Å². The van der Waals surface area contributed by atoms with Crippen LogP contribution < -0.4 is 56.8 Å². The zero-order chi connectivity index (χ0) is 11.6. The summed E-state index contributed by atoms with van der Waals surface area (Å²) in [7, 11) is 1.14. The van der Waals surface area contributed by atoms with E-state index in [0.717, 1.165) is 25.3 Å². The summed E-state index contributed by atoms with van der Waals surface area (Å²) in [5, 5.41) is -0.495. The predicted molar refractivity (Wildman–Crippen MR) is 51.5 cm³/mol. The van der Waals surface area contributed by atoms with Crippen LogP contribution in [-0.4, -0.2) is 20.1 Å². The molecule has 0 saturated heterocycles. The van der Waals surface area contributed by atoms with Gasteiger partial charge in [-0.1, -0.05) is 29.2 Å². The van der Waals surface area contributed by atoms with Gasteiger partial charge in [0.2, 0.25) is 0 Å². The fourth-order valence-electron chi connectivity index (χ4n) is 1.04. The summed E-state index contributed by atoms with van der Waals surface area (Å²) in [5.74, 6) is -0.724. The Morgan fingerprint density at radius 1 is 1.38 bits per heavy atom. The molecule has 0 spiro atoms. The van der Waals surface area contributed by atoms with Crippen LogP contribution in [0.3, 0.4) is 0 Å². The monoisotopic (exact) mass is 276 g/mol. The van der Waals surface area contributed by atoms with E-state index < -0.39 is 23.4 Å². The number of carbonyl (C=O) groups is 1. The van der Waals surface area contributed by atoms with E-state index in [-0.39, 0.29) is 56.9 Å². The first-order chi connectivity index (χ1) is 6.86. The minimum absolute atomic E-state index is 0. The largest absolute Gasteiger partial charge is 1.00 e. The minimum Gasteiger partial charge on any atom is -0.465 e. The first-order valence-electron chi connectivity index (χ1n) is 3.94. The van der Waals surface area contributed by atoms with Gasteiger partial charge in [-0.3, -0.25) is 0 Å². The topological polar surface area (TPSA) is 26.3 Å². The second-order valence-corrected chi connectivity index (χ2v) is 3.21. The van der Waals surface area contributed by atoms with Crippen LogP contribution >= 0.6 is 11.6 Å². The quantitative estimate of drug-likeness (QED) is 0.521. The van der Waals surface area contributed by atoms with E-state index >= 15 is 0 Å². The summed E-state index contributed by atoms with van der Waals surface area (Å²) in [6, 6.07) is 2.74. The normalized spacial score (nSPS) is 10.6. The van der Waals surface area contributed by atoms with Gasteiger partial charge in [-0.25, -0.2) is 4.79 Å². The Labute approximate surface area is 138 Å². The van der Waals surface area contributed by atoms with E-state index in [2.05, 4.69) is 4.74 Å². The summed E-state index contributed by atoms with van der Waals surface area (Å²) < 4.78 is 41.3. The molecule has 0 aromatic heterocycles. The van der Waals surface area contributed by atoms with Crippen LogP contribution in [0.4, 0.5) is 12.9 Å². The van der Waals surface area contributed by atoms with Crippen LogP contribution in [0.25, 0.3) is 0 Å². The zero-order valence-corrected chi connectivity index (χ0v) is 12.5. The molecule has 0 N–H and O–H groups in total. The van der Waals surface area contributed by atoms with E-state index in [1.807, 2.05) is 0 Å². The van der Waals surface area contributed by atoms with E-state index in [4.69, 9.17) is 11.6 Å². The Morgan fingerprint density at radius 2 is 1.94 bits per heavy atom. The Balaban J connectivity index is 0.00000225. The molecule has 1 rings (SSSR count). The van der Waals surface area contributed by atoms with Gasteiger partial charge >= 0.3 is 64.3 Å². The summed E-state index contributed by atoms with van der Waals surface area (Å²) in [6.45, 7) is -5.16. The molecule has 0 aliphatic carbocycles. The van der Waals surface area contributed by atoms with Crippen LogP contribution in [0, 0.1) is 0 Å². The van der Waals surface area contributed by atoms with E-state index in [1.165, 1.54) is 0 Å². The maximum absolute atomic E-state index is 12.3. The summed E-state index contributed by atoms with van der Waals surface area (Å²) in [5.41, 5.74) is -0.921. The molecule has 0 amide bonds. The van der Waals surface area contributed by atoms with E-state index in [0.29, 0.717) is 0 Å². The smallest absolute Gasteiger partial charge is 0.465 e. The van der Waals surface area contributed by atoms with Gasteiger partial charge in [-0.05, 0) is 6.07 Å². The molecular formula is C8H6BClF3KO2. The van der Waals surface area contributed by atoms with Gasteiger partial charge in [0.05, 0.1) is 12.7 Å². The molecule has 82 valence electrons. The van der Waals surface area contributed by atoms with Crippen LogP contribution in [0.1, 0.15) is 10.4 Å². The molecule has 0 bridgehead atoms. The Kier molecular flexibility index (Phi) is 6.61. The molecular weight excluding hydrogens is 270 g/mol. The van der Waals surface area contributed by atoms with Crippen LogP contribution in [-0.2, 0) is 4.74 Å². The van der Waals surface area contributed by atoms with Gasteiger partial charge in [-0.15, -0.1) is 0 Å². The Hall–Kier alpha value is 0.471. The summed E-state index contributed by atoms with van der Waals surface area (Å²) in [4.78, 5) is 11.0. The molecule has 2 nitrogen and oxygen atoms in total. The average Bonchev–Trinajstić information content (AvgIpc) is 2.14. The van der Waals surface area contributed by atoms with Crippen molar-refractivity contribution in [2.45, 2.75) is 0 Å². The van der Waals surface area contributed by atoms with Gasteiger partial charge in [0.25, 0.3) is 0 Å². The molecule has 1 aromatic rings.